The number of amides is 1. The van der Waals surface area contributed by atoms with E-state index >= 15 is 0 Å². The molecule has 1 amide bonds. The Hall–Kier alpha value is -2.54. The van der Waals surface area contributed by atoms with Crippen LogP contribution in [0.4, 0.5) is 10.5 Å². The Kier molecular flexibility index (Phi) is 7.18. The van der Waals surface area contributed by atoms with Crippen LogP contribution >= 0.6 is 0 Å². The molecule has 0 spiro atoms. The molecule has 1 saturated heterocycles. The lowest BCUT2D eigenvalue weighted by Crippen LogP contribution is -2.42. The zero-order valence-electron chi connectivity index (χ0n) is 19.6. The molecule has 2 aromatic carbocycles. The highest BCUT2D eigenvalue weighted by Crippen LogP contribution is 2.30. The number of anilines is 1. The largest absolute Gasteiger partial charge is 0.444 e. The Bertz CT molecular complexity index is 1040. The average molecular weight is 459 g/mol. The standard InChI is InChI=1S/C25H34N2O4S/c1-18(2)19-11-13-23(14-12-19)32(29,30)26-22-10-6-8-20(16-22)21-9-7-15-27(17-21)24(28)31-25(3,4)5/h6,8,10-14,16,18,21,26H,7,9,15,17H2,1-5H3. The molecule has 174 valence electrons. The Morgan fingerprint density at radius 2 is 1.81 bits per heavy atom. The summed E-state index contributed by atoms with van der Waals surface area (Å²) >= 11 is 0. The maximum Gasteiger partial charge on any atom is 0.410 e. The van der Waals surface area contributed by atoms with Crippen LogP contribution in [-0.2, 0) is 14.8 Å². The SMILES string of the molecule is CC(C)c1ccc(S(=O)(=O)Nc2cccc(C3CCCN(C(=O)OC(C)(C)C)C3)c2)cc1. The molecule has 1 N–H and O–H groups in total. The molecule has 0 aromatic heterocycles. The summed E-state index contributed by atoms with van der Waals surface area (Å²) < 4.78 is 33.9. The third-order valence-electron chi connectivity index (χ3n) is 5.54. The summed E-state index contributed by atoms with van der Waals surface area (Å²) in [5, 5.41) is 0. The summed E-state index contributed by atoms with van der Waals surface area (Å²) in [5.74, 6) is 0.471. The molecule has 0 radical (unpaired) electrons. The van der Waals surface area contributed by atoms with Gasteiger partial charge in [-0.2, -0.15) is 0 Å². The van der Waals surface area contributed by atoms with Crippen molar-refractivity contribution in [1.29, 1.82) is 0 Å². The van der Waals surface area contributed by atoms with E-state index in [0.717, 1.165) is 24.0 Å². The van der Waals surface area contributed by atoms with Crippen LogP contribution < -0.4 is 4.72 Å². The second-order valence-corrected chi connectivity index (χ2v) is 11.4. The van der Waals surface area contributed by atoms with Crippen molar-refractivity contribution in [3.8, 4) is 0 Å². The minimum Gasteiger partial charge on any atom is -0.444 e. The van der Waals surface area contributed by atoms with Gasteiger partial charge in [0.25, 0.3) is 10.0 Å². The fourth-order valence-electron chi connectivity index (χ4n) is 3.84. The van der Waals surface area contributed by atoms with Crippen LogP contribution in [0.15, 0.2) is 53.4 Å². The normalized spacial score (nSPS) is 17.3. The minimum atomic E-state index is -3.68. The highest BCUT2D eigenvalue weighted by Gasteiger charge is 2.28. The average Bonchev–Trinajstić information content (AvgIpc) is 2.72. The van der Waals surface area contributed by atoms with Gasteiger partial charge >= 0.3 is 6.09 Å². The maximum absolute atomic E-state index is 12.9. The van der Waals surface area contributed by atoms with Crippen molar-refractivity contribution in [3.05, 3.63) is 59.7 Å². The topological polar surface area (TPSA) is 75.7 Å². The zero-order valence-corrected chi connectivity index (χ0v) is 20.4. The predicted octanol–water partition coefficient (Wildman–Crippen LogP) is 5.73. The van der Waals surface area contributed by atoms with Crippen molar-refractivity contribution >= 4 is 21.8 Å². The van der Waals surface area contributed by atoms with E-state index < -0.39 is 15.6 Å². The molecular formula is C25H34N2O4S. The fourth-order valence-corrected chi connectivity index (χ4v) is 4.89. The van der Waals surface area contributed by atoms with Gasteiger partial charge in [-0.15, -0.1) is 0 Å². The van der Waals surface area contributed by atoms with Gasteiger partial charge in [-0.25, -0.2) is 13.2 Å². The highest BCUT2D eigenvalue weighted by atomic mass is 32.2. The number of likely N-dealkylation sites (tertiary alicyclic amines) is 1. The number of benzene rings is 2. The van der Waals surface area contributed by atoms with E-state index in [0.29, 0.717) is 24.7 Å². The molecule has 1 heterocycles. The molecule has 0 bridgehead atoms. The van der Waals surface area contributed by atoms with Gasteiger partial charge in [0.2, 0.25) is 0 Å². The van der Waals surface area contributed by atoms with Crippen LogP contribution in [0.5, 0.6) is 0 Å². The molecular weight excluding hydrogens is 424 g/mol. The van der Waals surface area contributed by atoms with E-state index in [1.807, 2.05) is 51.1 Å². The summed E-state index contributed by atoms with van der Waals surface area (Å²) in [5.41, 5.74) is 2.09. The number of hydrogen-bond acceptors (Lipinski definition) is 4. The second kappa shape index (κ2) is 9.53. The van der Waals surface area contributed by atoms with Crippen molar-refractivity contribution in [2.24, 2.45) is 0 Å². The number of nitrogens with one attached hydrogen (secondary N) is 1. The molecule has 0 saturated carbocycles. The van der Waals surface area contributed by atoms with E-state index in [-0.39, 0.29) is 16.9 Å². The number of nitrogens with zero attached hydrogens (tertiary/aromatic N) is 1. The van der Waals surface area contributed by atoms with Crippen molar-refractivity contribution in [1.82, 2.24) is 4.90 Å². The number of hydrogen-bond donors (Lipinski definition) is 1. The molecule has 1 atom stereocenters. The van der Waals surface area contributed by atoms with Crippen molar-refractivity contribution < 1.29 is 17.9 Å². The Morgan fingerprint density at radius 1 is 1.12 bits per heavy atom. The van der Waals surface area contributed by atoms with Gasteiger partial charge in [-0.3, -0.25) is 4.72 Å². The van der Waals surface area contributed by atoms with Gasteiger partial charge in [0.15, 0.2) is 0 Å². The van der Waals surface area contributed by atoms with Crippen LogP contribution in [0.1, 0.15) is 70.4 Å². The minimum absolute atomic E-state index is 0.131. The third kappa shape index (κ3) is 6.25. The van der Waals surface area contributed by atoms with Crippen LogP contribution in [0, 0.1) is 0 Å². The smallest absolute Gasteiger partial charge is 0.410 e. The first-order chi connectivity index (χ1) is 14.9. The number of sulfonamides is 1. The first kappa shape index (κ1) is 24.1. The summed E-state index contributed by atoms with van der Waals surface area (Å²) in [6.45, 7) is 11.0. The number of ether oxygens (including phenoxy) is 1. The zero-order chi connectivity index (χ0) is 23.5. The van der Waals surface area contributed by atoms with E-state index in [4.69, 9.17) is 4.74 Å². The second-order valence-electron chi connectivity index (χ2n) is 9.72. The lowest BCUT2D eigenvalue weighted by Gasteiger charge is -2.34. The third-order valence-corrected chi connectivity index (χ3v) is 6.94. The van der Waals surface area contributed by atoms with Crippen LogP contribution in [0.3, 0.4) is 0 Å². The van der Waals surface area contributed by atoms with Crippen molar-refractivity contribution in [2.75, 3.05) is 17.8 Å². The number of carbonyl (C=O) groups is 1. The van der Waals surface area contributed by atoms with Crippen LogP contribution in [-0.4, -0.2) is 38.1 Å². The van der Waals surface area contributed by atoms with Gasteiger partial charge in [-0.05, 0) is 74.9 Å². The quantitative estimate of drug-likeness (QED) is 0.621. The Labute approximate surface area is 192 Å². The van der Waals surface area contributed by atoms with Gasteiger partial charge in [0.1, 0.15) is 5.60 Å². The van der Waals surface area contributed by atoms with Gasteiger partial charge in [0.05, 0.1) is 4.90 Å². The molecule has 7 heteroatoms. The monoisotopic (exact) mass is 458 g/mol. The highest BCUT2D eigenvalue weighted by molar-refractivity contribution is 7.92. The molecule has 6 nitrogen and oxygen atoms in total. The Balaban J connectivity index is 1.72. The number of carbonyl (C=O) groups excluding carboxylic acids is 1. The van der Waals surface area contributed by atoms with Gasteiger partial charge < -0.3 is 9.64 Å². The maximum atomic E-state index is 12.9. The lowest BCUT2D eigenvalue weighted by molar-refractivity contribution is 0.0198. The number of piperidine rings is 1. The first-order valence-corrected chi connectivity index (χ1v) is 12.6. The molecule has 2 aromatic rings. The summed E-state index contributed by atoms with van der Waals surface area (Å²) in [6, 6.07) is 14.4. The van der Waals surface area contributed by atoms with Crippen LogP contribution in [0.2, 0.25) is 0 Å². The molecule has 3 rings (SSSR count). The fraction of sp³-hybridized carbons (Fsp3) is 0.480. The molecule has 1 aliphatic heterocycles. The summed E-state index contributed by atoms with van der Waals surface area (Å²) in [6.07, 6.45) is 1.51. The van der Waals surface area contributed by atoms with E-state index in [9.17, 15) is 13.2 Å². The lowest BCUT2D eigenvalue weighted by atomic mass is 9.90. The van der Waals surface area contributed by atoms with E-state index in [2.05, 4.69) is 18.6 Å². The molecule has 1 aliphatic rings. The van der Waals surface area contributed by atoms with Crippen molar-refractivity contribution in [3.63, 3.8) is 0 Å². The summed E-state index contributed by atoms with van der Waals surface area (Å²) in [4.78, 5) is 14.5. The van der Waals surface area contributed by atoms with E-state index in [1.165, 1.54) is 0 Å². The van der Waals surface area contributed by atoms with Gasteiger partial charge in [-0.1, -0.05) is 38.1 Å². The van der Waals surface area contributed by atoms with E-state index in [1.54, 1.807) is 23.1 Å². The van der Waals surface area contributed by atoms with Crippen molar-refractivity contribution in [2.45, 2.75) is 69.8 Å². The molecule has 1 fully saturated rings. The van der Waals surface area contributed by atoms with Crippen LogP contribution in [0.25, 0.3) is 0 Å². The molecule has 32 heavy (non-hydrogen) atoms. The first-order valence-electron chi connectivity index (χ1n) is 11.2. The number of rotatable bonds is 5. The van der Waals surface area contributed by atoms with Gasteiger partial charge in [0, 0.05) is 24.7 Å². The molecule has 1 unspecified atom stereocenters. The molecule has 0 aliphatic carbocycles. The summed E-state index contributed by atoms with van der Waals surface area (Å²) in [7, 11) is -3.68. The Morgan fingerprint density at radius 3 is 2.44 bits per heavy atom. The predicted molar refractivity (Wildman–Crippen MR) is 128 cm³/mol.